The van der Waals surface area contributed by atoms with Crippen molar-refractivity contribution in [3.05, 3.63) is 332 Å². The molecule has 0 bridgehead atoms. The van der Waals surface area contributed by atoms with Crippen LogP contribution >= 0.6 is 0 Å². The molecule has 0 amide bonds. The van der Waals surface area contributed by atoms with Crippen molar-refractivity contribution in [2.45, 2.75) is 5.41 Å². The van der Waals surface area contributed by atoms with Crippen LogP contribution < -0.4 is 9.80 Å². The van der Waals surface area contributed by atoms with Gasteiger partial charge in [-0.2, -0.15) is 0 Å². The molecular weight excluding hydrogens is 943 g/mol. The maximum absolute atomic E-state index is 9.62. The molecule has 0 atom stereocenters. The van der Waals surface area contributed by atoms with Crippen molar-refractivity contribution >= 4 is 77.5 Å². The number of hydrogen-bond acceptors (Lipinski definition) is 2. The van der Waals surface area contributed by atoms with Gasteiger partial charge in [0.15, 0.2) is 0 Å². The highest BCUT2D eigenvalue weighted by atomic mass is 15.1. The Labute approximate surface area is 460 Å². The number of fused-ring (bicyclic) bond motifs is 8. The van der Waals surface area contributed by atoms with E-state index in [-0.39, 0.29) is 35.4 Å². The minimum Gasteiger partial charge on any atom is -0.310 e. The maximum Gasteiger partial charge on any atom is 0.0714 e. The Bertz CT molecular complexity index is 4740. The molecule has 3 nitrogen and oxygen atoms in total. The average Bonchev–Trinajstić information content (AvgIpc) is 2.07. The third-order valence-corrected chi connectivity index (χ3v) is 15.8. The molecule has 0 saturated heterocycles. The highest BCUT2D eigenvalue weighted by Gasteiger charge is 2.46. The van der Waals surface area contributed by atoms with E-state index in [2.05, 4.69) is 210 Å². The quantitative estimate of drug-likeness (QED) is 0.135. The van der Waals surface area contributed by atoms with Gasteiger partial charge < -0.3 is 14.4 Å². The van der Waals surface area contributed by atoms with E-state index in [9.17, 15) is 5.48 Å². The largest absolute Gasteiger partial charge is 0.310 e. The number of hydrogen-bond donors (Lipinski definition) is 0. The van der Waals surface area contributed by atoms with Crippen molar-refractivity contribution in [1.82, 2.24) is 4.57 Å². The lowest BCUT2D eigenvalue weighted by molar-refractivity contribution is 0.768. The zero-order valence-electron chi connectivity index (χ0n) is 46.5. The van der Waals surface area contributed by atoms with Crippen molar-refractivity contribution in [2.24, 2.45) is 0 Å². The van der Waals surface area contributed by atoms with E-state index in [1.807, 2.05) is 89.8 Å². The standard InChI is InChI=1S/C75H51N3/c1-5-21-58(22-6-1)75(59-23-7-2-8-24-59)71-31-17-15-29-67(71)68-45-43-66(51-72(68)75)77(65-44-46-74-70(50-65)69-30-16-18-32-73(69)78(74)61-27-11-4-12-28-61)64-42-38-56-47-55(33-34-57(56)49-64)53-35-39-62(40-36-53)76(60-25-9-3-10-26-60)63-41-37-52-19-13-14-20-54(52)48-63/h1-51H/i35D,36D,39D,40D. The van der Waals surface area contributed by atoms with Gasteiger partial charge in [0.1, 0.15) is 0 Å². The zero-order chi connectivity index (χ0) is 55.1. The van der Waals surface area contributed by atoms with E-state index in [1.54, 1.807) is 0 Å². The van der Waals surface area contributed by atoms with Crippen LogP contribution in [0.1, 0.15) is 27.7 Å². The Balaban J connectivity index is 0.900. The number of anilines is 6. The van der Waals surface area contributed by atoms with E-state index < -0.39 is 5.41 Å². The van der Waals surface area contributed by atoms with Crippen LogP contribution in [0.3, 0.4) is 0 Å². The van der Waals surface area contributed by atoms with Crippen LogP contribution in [0, 0.1) is 0 Å². The molecule has 0 unspecified atom stereocenters. The Morgan fingerprint density at radius 3 is 1.54 bits per heavy atom. The van der Waals surface area contributed by atoms with Crippen LogP contribution in [-0.4, -0.2) is 4.57 Å². The van der Waals surface area contributed by atoms with Crippen molar-refractivity contribution in [1.29, 1.82) is 0 Å². The fraction of sp³-hybridized carbons (Fsp3) is 0.0133. The summed E-state index contributed by atoms with van der Waals surface area (Å²) in [6.07, 6.45) is 0. The summed E-state index contributed by atoms with van der Waals surface area (Å²) in [5.41, 5.74) is 15.5. The SMILES string of the molecule is [2H]c1c([2H])c(N(c2ccccc2)c2ccc3ccccc3c2)c([2H])c([2H])c1-c1ccc2cc(N(c3ccc4c(c3)C(c3ccccc3)(c3ccccc3)c3ccccc3-4)c3ccc4c(c3)c3ccccc3n4-c3ccccc3)ccc2c1. The van der Waals surface area contributed by atoms with Gasteiger partial charge in [0.2, 0.25) is 0 Å². The molecule has 78 heavy (non-hydrogen) atoms. The molecular formula is C75H51N3. The molecule has 0 fully saturated rings. The van der Waals surface area contributed by atoms with Crippen LogP contribution in [0.5, 0.6) is 0 Å². The summed E-state index contributed by atoms with van der Waals surface area (Å²) in [6, 6.07) is 99.5. The molecule has 13 aromatic carbocycles. The fourth-order valence-corrected chi connectivity index (χ4v) is 12.4. The van der Waals surface area contributed by atoms with Gasteiger partial charge in [-0.25, -0.2) is 0 Å². The molecule has 0 saturated carbocycles. The molecule has 0 radical (unpaired) electrons. The van der Waals surface area contributed by atoms with Gasteiger partial charge in [0.25, 0.3) is 0 Å². The smallest absolute Gasteiger partial charge is 0.0714 e. The first-order valence-electron chi connectivity index (χ1n) is 28.6. The molecule has 0 N–H and O–H groups in total. The highest BCUT2D eigenvalue weighted by Crippen LogP contribution is 2.57. The predicted octanol–water partition coefficient (Wildman–Crippen LogP) is 20.1. The molecule has 3 heteroatoms. The number of rotatable bonds is 10. The zero-order valence-corrected chi connectivity index (χ0v) is 42.5. The molecule has 1 aromatic heterocycles. The van der Waals surface area contributed by atoms with Gasteiger partial charge in [-0.05, 0) is 169 Å². The van der Waals surface area contributed by atoms with E-state index in [0.717, 1.165) is 77.5 Å². The predicted molar refractivity (Wildman–Crippen MR) is 328 cm³/mol. The van der Waals surface area contributed by atoms with Crippen LogP contribution in [0.4, 0.5) is 34.1 Å². The molecule has 0 spiro atoms. The summed E-state index contributed by atoms with van der Waals surface area (Å²) in [6.45, 7) is 0. The normalized spacial score (nSPS) is 13.2. The van der Waals surface area contributed by atoms with E-state index >= 15 is 0 Å². The van der Waals surface area contributed by atoms with Gasteiger partial charge in [-0.3, -0.25) is 0 Å². The van der Waals surface area contributed by atoms with E-state index in [0.29, 0.717) is 5.56 Å². The van der Waals surface area contributed by atoms with Crippen LogP contribution in [0.2, 0.25) is 0 Å². The number of aromatic nitrogens is 1. The fourth-order valence-electron chi connectivity index (χ4n) is 12.4. The summed E-state index contributed by atoms with van der Waals surface area (Å²) in [7, 11) is 0. The first-order chi connectivity index (χ1) is 40.3. The Morgan fingerprint density at radius 1 is 0.295 bits per heavy atom. The first kappa shape index (κ1) is 41.1. The van der Waals surface area contributed by atoms with Gasteiger partial charge in [-0.15, -0.1) is 0 Å². The summed E-state index contributed by atoms with van der Waals surface area (Å²) in [5.74, 6) is 0. The second-order valence-electron chi connectivity index (χ2n) is 20.2. The molecule has 1 aliphatic carbocycles. The van der Waals surface area contributed by atoms with E-state index in [4.69, 9.17) is 0 Å². The molecule has 14 aromatic rings. The third kappa shape index (κ3) is 7.35. The summed E-state index contributed by atoms with van der Waals surface area (Å²) in [4.78, 5) is 4.22. The topological polar surface area (TPSA) is 11.4 Å². The van der Waals surface area contributed by atoms with Crippen molar-refractivity contribution in [3.63, 3.8) is 0 Å². The molecule has 366 valence electrons. The lowest BCUT2D eigenvalue weighted by Crippen LogP contribution is -2.28. The third-order valence-electron chi connectivity index (χ3n) is 15.8. The second kappa shape index (κ2) is 18.6. The lowest BCUT2D eigenvalue weighted by Gasteiger charge is -2.35. The van der Waals surface area contributed by atoms with Crippen LogP contribution in [-0.2, 0) is 5.41 Å². The number of benzene rings is 13. The first-order valence-corrected chi connectivity index (χ1v) is 26.6. The second-order valence-corrected chi connectivity index (χ2v) is 20.2. The monoisotopic (exact) mass is 997 g/mol. The maximum atomic E-state index is 9.62. The minimum atomic E-state index is -0.608. The number of nitrogens with zero attached hydrogens (tertiary/aromatic N) is 3. The summed E-state index contributed by atoms with van der Waals surface area (Å²) in [5, 5.41) is 6.24. The van der Waals surface area contributed by atoms with E-state index in [1.165, 1.54) is 33.4 Å². The van der Waals surface area contributed by atoms with Crippen molar-refractivity contribution < 1.29 is 5.48 Å². The van der Waals surface area contributed by atoms with Crippen molar-refractivity contribution in [2.75, 3.05) is 9.80 Å². The highest BCUT2D eigenvalue weighted by molar-refractivity contribution is 6.11. The van der Waals surface area contributed by atoms with Crippen molar-refractivity contribution in [3.8, 4) is 27.9 Å². The van der Waals surface area contributed by atoms with Crippen LogP contribution in [0.15, 0.2) is 309 Å². The van der Waals surface area contributed by atoms with Gasteiger partial charge in [-0.1, -0.05) is 206 Å². The van der Waals surface area contributed by atoms with Gasteiger partial charge >= 0.3 is 0 Å². The minimum absolute atomic E-state index is 0.107. The molecule has 1 heterocycles. The lowest BCUT2D eigenvalue weighted by atomic mass is 9.67. The number of para-hydroxylation sites is 3. The van der Waals surface area contributed by atoms with Crippen LogP contribution in [0.25, 0.3) is 71.3 Å². The molecule has 15 rings (SSSR count). The van der Waals surface area contributed by atoms with Gasteiger partial charge in [0.05, 0.1) is 21.9 Å². The molecule has 1 aliphatic rings. The van der Waals surface area contributed by atoms with Gasteiger partial charge in [0, 0.05) is 50.6 Å². The summed E-state index contributed by atoms with van der Waals surface area (Å²) >= 11 is 0. The molecule has 0 aliphatic heterocycles. The summed E-state index contributed by atoms with van der Waals surface area (Å²) < 4.78 is 40.8. The Hall–Kier alpha value is -10.2. The average molecular weight is 998 g/mol. The Morgan fingerprint density at radius 2 is 0.795 bits per heavy atom. The Kier molecular flexibility index (Phi) is 9.77.